The van der Waals surface area contributed by atoms with Gasteiger partial charge in [0.15, 0.2) is 11.5 Å². The summed E-state index contributed by atoms with van der Waals surface area (Å²) in [5.74, 6) is 0.0750. The van der Waals surface area contributed by atoms with E-state index in [0.717, 1.165) is 0 Å². The molecule has 170 valence electrons. The van der Waals surface area contributed by atoms with Crippen LogP contribution in [0.3, 0.4) is 0 Å². The van der Waals surface area contributed by atoms with Gasteiger partial charge in [0, 0.05) is 5.56 Å². The maximum atomic E-state index is 13.1. The number of nitrogens with zero attached hydrogens (tertiary/aromatic N) is 1. The van der Waals surface area contributed by atoms with Gasteiger partial charge in [0.25, 0.3) is 11.7 Å². The molecule has 8 heteroatoms. The lowest BCUT2D eigenvalue weighted by Crippen LogP contribution is -2.29. The molecule has 0 unspecified atom stereocenters. The minimum atomic E-state index is -0.849. The van der Waals surface area contributed by atoms with Gasteiger partial charge in [-0.2, -0.15) is 0 Å². The van der Waals surface area contributed by atoms with Crippen LogP contribution in [0.2, 0.25) is 0 Å². The van der Waals surface area contributed by atoms with E-state index in [1.54, 1.807) is 54.6 Å². The fourth-order valence-electron chi connectivity index (χ4n) is 3.91. The third-order valence-corrected chi connectivity index (χ3v) is 5.51. The fourth-order valence-corrected chi connectivity index (χ4v) is 3.91. The van der Waals surface area contributed by atoms with E-state index < -0.39 is 17.7 Å². The molecule has 0 spiro atoms. The Labute approximate surface area is 190 Å². The van der Waals surface area contributed by atoms with E-state index in [1.165, 1.54) is 32.5 Å². The molecule has 2 aromatic carbocycles. The van der Waals surface area contributed by atoms with E-state index in [2.05, 4.69) is 0 Å². The molecule has 1 N–H and O–H groups in total. The van der Waals surface area contributed by atoms with Gasteiger partial charge in [-0.05, 0) is 48.0 Å². The minimum Gasteiger partial charge on any atom is -0.507 e. The summed E-state index contributed by atoms with van der Waals surface area (Å²) < 4.78 is 21.3. The number of rotatable bonds is 7. The van der Waals surface area contributed by atoms with E-state index in [1.807, 2.05) is 0 Å². The quantitative estimate of drug-likeness (QED) is 0.332. The van der Waals surface area contributed by atoms with Crippen molar-refractivity contribution < 1.29 is 33.3 Å². The van der Waals surface area contributed by atoms with E-state index in [0.29, 0.717) is 34.1 Å². The number of Topliss-reactive ketones (excluding diaryl/α,β-unsaturated/α-hetero) is 1. The number of carbonyl (C=O) groups is 2. The van der Waals surface area contributed by atoms with Gasteiger partial charge in [0.05, 0.1) is 45.8 Å². The Morgan fingerprint density at radius 2 is 1.76 bits per heavy atom. The highest BCUT2D eigenvalue weighted by Crippen LogP contribution is 2.42. The molecule has 8 nitrogen and oxygen atoms in total. The number of ether oxygens (including phenoxy) is 3. The first-order valence-corrected chi connectivity index (χ1v) is 10.2. The topological polar surface area (TPSA) is 98.4 Å². The van der Waals surface area contributed by atoms with E-state index >= 15 is 0 Å². The lowest BCUT2D eigenvalue weighted by molar-refractivity contribution is -0.140. The van der Waals surface area contributed by atoms with Crippen LogP contribution in [0.25, 0.3) is 5.76 Å². The molecule has 1 saturated heterocycles. The summed E-state index contributed by atoms with van der Waals surface area (Å²) in [6.07, 6.45) is 1.50. The second-order valence-electron chi connectivity index (χ2n) is 7.35. The van der Waals surface area contributed by atoms with Gasteiger partial charge in [0.2, 0.25) is 0 Å². The Morgan fingerprint density at radius 1 is 0.970 bits per heavy atom. The number of aliphatic hydroxyl groups excluding tert-OH is 1. The van der Waals surface area contributed by atoms with Crippen LogP contribution < -0.4 is 14.2 Å². The van der Waals surface area contributed by atoms with Crippen molar-refractivity contribution in [2.45, 2.75) is 12.6 Å². The van der Waals surface area contributed by atoms with Crippen LogP contribution in [0.4, 0.5) is 0 Å². The van der Waals surface area contributed by atoms with Crippen molar-refractivity contribution in [3.63, 3.8) is 0 Å². The van der Waals surface area contributed by atoms with Gasteiger partial charge in [-0.3, -0.25) is 9.59 Å². The number of hydrogen-bond acceptors (Lipinski definition) is 7. The predicted octanol–water partition coefficient (Wildman–Crippen LogP) is 3.93. The molecule has 1 aliphatic rings. The number of methoxy groups -OCH3 is 3. The summed E-state index contributed by atoms with van der Waals surface area (Å²) >= 11 is 0. The van der Waals surface area contributed by atoms with Gasteiger partial charge >= 0.3 is 0 Å². The third kappa shape index (κ3) is 4.03. The van der Waals surface area contributed by atoms with Gasteiger partial charge in [-0.15, -0.1) is 0 Å². The van der Waals surface area contributed by atoms with Crippen molar-refractivity contribution in [1.29, 1.82) is 0 Å². The van der Waals surface area contributed by atoms with Crippen molar-refractivity contribution in [1.82, 2.24) is 4.90 Å². The van der Waals surface area contributed by atoms with Crippen LogP contribution >= 0.6 is 0 Å². The molecule has 1 fully saturated rings. The molecule has 0 saturated carbocycles. The Balaban J connectivity index is 1.88. The molecule has 0 radical (unpaired) electrons. The minimum absolute atomic E-state index is 0.0352. The molecule has 4 rings (SSSR count). The number of furan rings is 1. The zero-order valence-electron chi connectivity index (χ0n) is 18.4. The van der Waals surface area contributed by atoms with Crippen LogP contribution in [-0.2, 0) is 16.1 Å². The maximum absolute atomic E-state index is 13.1. The van der Waals surface area contributed by atoms with Gasteiger partial charge in [0.1, 0.15) is 17.3 Å². The summed E-state index contributed by atoms with van der Waals surface area (Å²) in [5, 5.41) is 11.2. The first kappa shape index (κ1) is 22.0. The molecule has 2 heterocycles. The van der Waals surface area contributed by atoms with Gasteiger partial charge in [-0.25, -0.2) is 0 Å². The van der Waals surface area contributed by atoms with Crippen molar-refractivity contribution in [3.8, 4) is 17.2 Å². The number of hydrogen-bond donors (Lipinski definition) is 1. The van der Waals surface area contributed by atoms with Crippen LogP contribution in [0, 0.1) is 0 Å². The molecule has 33 heavy (non-hydrogen) atoms. The Hall–Kier alpha value is -4.20. The smallest absolute Gasteiger partial charge is 0.296 e. The second-order valence-corrected chi connectivity index (χ2v) is 7.35. The van der Waals surface area contributed by atoms with Crippen LogP contribution in [0.5, 0.6) is 17.2 Å². The Morgan fingerprint density at radius 3 is 2.42 bits per heavy atom. The predicted molar refractivity (Wildman–Crippen MR) is 119 cm³/mol. The molecule has 1 amide bonds. The summed E-state index contributed by atoms with van der Waals surface area (Å²) in [4.78, 5) is 27.6. The number of carbonyl (C=O) groups excluding carboxylic acids is 2. The largest absolute Gasteiger partial charge is 0.507 e. The lowest BCUT2D eigenvalue weighted by atomic mass is 9.95. The van der Waals surface area contributed by atoms with Gasteiger partial charge in [-0.1, -0.05) is 12.1 Å². The zero-order valence-corrected chi connectivity index (χ0v) is 18.4. The van der Waals surface area contributed by atoms with Crippen LogP contribution in [-0.4, -0.2) is 43.0 Å². The highest BCUT2D eigenvalue weighted by Gasteiger charge is 2.46. The number of benzene rings is 2. The molecular formula is C25H23NO7. The van der Waals surface area contributed by atoms with Crippen LogP contribution in [0.15, 0.2) is 70.9 Å². The van der Waals surface area contributed by atoms with E-state index in [9.17, 15) is 14.7 Å². The average Bonchev–Trinajstić information content (AvgIpc) is 3.45. The highest BCUT2D eigenvalue weighted by atomic mass is 16.5. The van der Waals surface area contributed by atoms with Crippen molar-refractivity contribution in [2.24, 2.45) is 0 Å². The number of ketones is 1. The Kier molecular flexibility index (Phi) is 6.08. The molecule has 1 aliphatic heterocycles. The van der Waals surface area contributed by atoms with Crippen molar-refractivity contribution in [2.75, 3.05) is 21.3 Å². The van der Waals surface area contributed by atoms with Crippen LogP contribution in [0.1, 0.15) is 22.9 Å². The molecule has 0 bridgehead atoms. The zero-order chi connectivity index (χ0) is 23.5. The molecule has 0 aliphatic carbocycles. The summed E-state index contributed by atoms with van der Waals surface area (Å²) in [7, 11) is 4.50. The summed E-state index contributed by atoms with van der Waals surface area (Å²) in [5.41, 5.74) is 0.894. The maximum Gasteiger partial charge on any atom is 0.296 e. The fraction of sp³-hybridized carbons (Fsp3) is 0.200. The first-order valence-electron chi connectivity index (χ1n) is 10.2. The second kappa shape index (κ2) is 9.12. The van der Waals surface area contributed by atoms with Crippen molar-refractivity contribution >= 4 is 17.4 Å². The van der Waals surface area contributed by atoms with Crippen molar-refractivity contribution in [3.05, 3.63) is 83.3 Å². The highest BCUT2D eigenvalue weighted by molar-refractivity contribution is 6.46. The monoisotopic (exact) mass is 449 g/mol. The van der Waals surface area contributed by atoms with E-state index in [4.69, 9.17) is 18.6 Å². The summed E-state index contributed by atoms with van der Waals surface area (Å²) in [6, 6.07) is 14.4. The van der Waals surface area contributed by atoms with Gasteiger partial charge < -0.3 is 28.6 Å². The standard InChI is InChI=1S/C25H23NO7/c1-30-17-7-4-6-15(12-17)22-21(23(27)16-9-10-19(31-2)20(13-16)32-3)24(28)25(29)26(22)14-18-8-5-11-33-18/h4-13,22,27H,14H2,1-3H3/t22-/m0/s1. The normalized spacial score (nSPS) is 17.3. The average molecular weight is 449 g/mol. The number of likely N-dealkylation sites (tertiary alicyclic amines) is 1. The number of amides is 1. The SMILES string of the molecule is COc1cccc([C@H]2C(=C(O)c3ccc(OC)c(OC)c3)C(=O)C(=O)N2Cc2ccco2)c1. The molecular weight excluding hydrogens is 426 g/mol. The molecule has 1 atom stereocenters. The number of aliphatic hydroxyl groups is 1. The Bertz CT molecular complexity index is 1210. The third-order valence-electron chi connectivity index (χ3n) is 5.51. The summed E-state index contributed by atoms with van der Waals surface area (Å²) in [6.45, 7) is 0.0577. The molecule has 1 aromatic heterocycles. The first-order chi connectivity index (χ1) is 16.0. The van der Waals surface area contributed by atoms with E-state index in [-0.39, 0.29) is 17.9 Å². The lowest BCUT2D eigenvalue weighted by Gasteiger charge is -2.25. The molecule has 3 aromatic rings.